The van der Waals surface area contributed by atoms with Crippen LogP contribution in [0.25, 0.3) is 0 Å². The number of furan rings is 1. The molecule has 0 radical (unpaired) electrons. The molecule has 0 saturated heterocycles. The summed E-state index contributed by atoms with van der Waals surface area (Å²) in [5.41, 5.74) is 1.28. The molecule has 1 aromatic heterocycles. The van der Waals surface area contributed by atoms with Crippen molar-refractivity contribution in [2.45, 2.75) is 77.2 Å². The highest BCUT2D eigenvalue weighted by Gasteiger charge is 2.17. The zero-order chi connectivity index (χ0) is 23.7. The molecule has 0 saturated carbocycles. The number of unbranched alkanes of at least 4 members (excludes halogenated alkanes) is 8. The summed E-state index contributed by atoms with van der Waals surface area (Å²) in [5.74, 6) is 5.52. The molecule has 1 unspecified atom stereocenters. The molecule has 0 aliphatic carbocycles. The van der Waals surface area contributed by atoms with Crippen molar-refractivity contribution in [2.24, 2.45) is 0 Å². The summed E-state index contributed by atoms with van der Waals surface area (Å²) in [5, 5.41) is 12.2. The van der Waals surface area contributed by atoms with Crippen molar-refractivity contribution in [3.05, 3.63) is 54.0 Å². The number of hydrogen-bond acceptors (Lipinski definition) is 5. The Balaban J connectivity index is 1.42. The molecule has 0 amide bonds. The molecule has 1 heterocycles. The molecule has 2 N–H and O–H groups in total. The van der Waals surface area contributed by atoms with Crippen LogP contribution >= 0.6 is 0 Å². The number of benzene rings is 1. The summed E-state index contributed by atoms with van der Waals surface area (Å²) in [6, 6.07) is 10.7. The second-order valence-electron chi connectivity index (χ2n) is 8.08. The minimum absolute atomic E-state index is 0.342. The summed E-state index contributed by atoms with van der Waals surface area (Å²) in [7, 11) is 0. The van der Waals surface area contributed by atoms with Crippen LogP contribution in [0.5, 0.6) is 0 Å². The Morgan fingerprint density at radius 3 is 2.27 bits per heavy atom. The molecule has 0 fully saturated rings. The van der Waals surface area contributed by atoms with Gasteiger partial charge < -0.3 is 19.6 Å². The van der Waals surface area contributed by atoms with Crippen molar-refractivity contribution in [3.8, 4) is 11.8 Å². The first-order chi connectivity index (χ1) is 16.1. The molecule has 2 aromatic rings. The van der Waals surface area contributed by atoms with E-state index in [0.29, 0.717) is 12.0 Å². The molecule has 6 heteroatoms. The number of nitrogens with one attached hydrogen (secondary N) is 1. The van der Waals surface area contributed by atoms with Crippen molar-refractivity contribution in [1.29, 1.82) is 0 Å². The molecule has 2 rings (SSSR count). The third-order valence-electron chi connectivity index (χ3n) is 5.28. The average Bonchev–Trinajstić information content (AvgIpc) is 3.33. The molecule has 0 spiro atoms. The van der Waals surface area contributed by atoms with E-state index in [9.17, 15) is 9.59 Å². The van der Waals surface area contributed by atoms with Gasteiger partial charge in [0.05, 0.1) is 18.2 Å². The monoisotopic (exact) mass is 453 g/mol. The largest absolute Gasteiger partial charge is 0.479 e. The van der Waals surface area contributed by atoms with Crippen molar-refractivity contribution in [1.82, 2.24) is 0 Å². The highest BCUT2D eigenvalue weighted by atomic mass is 16.6. The second kappa shape index (κ2) is 15.6. The normalized spacial score (nSPS) is 11.3. The highest BCUT2D eigenvalue weighted by Crippen LogP contribution is 2.13. The molecule has 0 aliphatic rings. The van der Waals surface area contributed by atoms with Gasteiger partial charge in [-0.2, -0.15) is 0 Å². The first kappa shape index (κ1) is 26.1. The van der Waals surface area contributed by atoms with Gasteiger partial charge in [-0.25, -0.2) is 9.59 Å². The van der Waals surface area contributed by atoms with Crippen molar-refractivity contribution in [2.75, 3.05) is 11.9 Å². The van der Waals surface area contributed by atoms with E-state index in [4.69, 9.17) is 14.3 Å². The highest BCUT2D eigenvalue weighted by molar-refractivity contribution is 5.91. The van der Waals surface area contributed by atoms with E-state index in [1.54, 1.807) is 18.4 Å². The molecule has 0 aliphatic heterocycles. The number of ether oxygens (including phenoxy) is 1. The zero-order valence-electron chi connectivity index (χ0n) is 19.5. The van der Waals surface area contributed by atoms with Gasteiger partial charge in [-0.15, -0.1) is 5.92 Å². The zero-order valence-corrected chi connectivity index (χ0v) is 19.5. The van der Waals surface area contributed by atoms with Crippen LogP contribution in [0.1, 0.15) is 80.8 Å². The van der Waals surface area contributed by atoms with Gasteiger partial charge in [0.15, 0.2) is 6.10 Å². The maximum absolute atomic E-state index is 11.9. The minimum Gasteiger partial charge on any atom is -0.479 e. The first-order valence-corrected chi connectivity index (χ1v) is 11.8. The van der Waals surface area contributed by atoms with Crippen molar-refractivity contribution in [3.63, 3.8) is 0 Å². The van der Waals surface area contributed by atoms with Gasteiger partial charge in [0, 0.05) is 18.7 Å². The molecule has 1 atom stereocenters. The SMILES string of the molecule is CC(OC(=O)c1ccc(NCCCCCCCCCCC#CCc2ccco2)cc1)C(=O)O. The lowest BCUT2D eigenvalue weighted by molar-refractivity contribution is -0.146. The molecular formula is C27H35NO5. The van der Waals surface area contributed by atoms with Crippen LogP contribution in [-0.4, -0.2) is 29.7 Å². The Morgan fingerprint density at radius 2 is 1.64 bits per heavy atom. The number of carbonyl (C=O) groups is 2. The fourth-order valence-corrected chi connectivity index (χ4v) is 3.29. The van der Waals surface area contributed by atoms with Gasteiger partial charge in [-0.1, -0.05) is 44.4 Å². The van der Waals surface area contributed by atoms with Crippen molar-refractivity contribution >= 4 is 17.6 Å². The average molecular weight is 454 g/mol. The minimum atomic E-state index is -1.16. The summed E-state index contributed by atoms with van der Waals surface area (Å²) in [6.07, 6.45) is 12.0. The number of rotatable bonds is 15. The number of esters is 1. The summed E-state index contributed by atoms with van der Waals surface area (Å²) < 4.78 is 10.1. The van der Waals surface area contributed by atoms with E-state index in [1.165, 1.54) is 51.9 Å². The lowest BCUT2D eigenvalue weighted by Crippen LogP contribution is -2.23. The fraction of sp³-hybridized carbons (Fsp3) is 0.481. The van der Waals surface area contributed by atoms with Crippen LogP contribution in [0.2, 0.25) is 0 Å². The Hall–Kier alpha value is -3.20. The topological polar surface area (TPSA) is 88.8 Å². The number of aliphatic carboxylic acids is 1. The van der Waals surface area contributed by atoms with Gasteiger partial charge in [-0.3, -0.25) is 0 Å². The van der Waals surface area contributed by atoms with Crippen LogP contribution in [0.4, 0.5) is 5.69 Å². The number of anilines is 1. The summed E-state index contributed by atoms with van der Waals surface area (Å²) >= 11 is 0. The van der Waals surface area contributed by atoms with E-state index in [2.05, 4.69) is 17.2 Å². The smallest absolute Gasteiger partial charge is 0.344 e. The van der Waals surface area contributed by atoms with Crippen molar-refractivity contribution < 1.29 is 23.8 Å². The van der Waals surface area contributed by atoms with E-state index in [0.717, 1.165) is 30.8 Å². The standard InChI is InChI=1S/C27H35NO5/c1-22(26(29)30)33-27(31)23-16-18-24(19-17-23)28-20-12-10-8-6-4-2-3-5-7-9-11-14-25-15-13-21-32-25/h13,15-19,21-22,28H,2-8,10,12,14,20H2,1H3,(H,29,30). The van der Waals surface area contributed by atoms with Crippen LogP contribution in [0, 0.1) is 11.8 Å². The Kier molecular flexibility index (Phi) is 12.3. The van der Waals surface area contributed by atoms with Gasteiger partial charge in [-0.05, 0) is 56.2 Å². The maximum Gasteiger partial charge on any atom is 0.344 e. The second-order valence-corrected chi connectivity index (χ2v) is 8.08. The van der Waals surface area contributed by atoms with Gasteiger partial charge in [0.2, 0.25) is 0 Å². The van der Waals surface area contributed by atoms with E-state index in [-0.39, 0.29) is 0 Å². The first-order valence-electron chi connectivity index (χ1n) is 11.8. The lowest BCUT2D eigenvalue weighted by Gasteiger charge is -2.10. The molecule has 33 heavy (non-hydrogen) atoms. The Labute approximate surface area is 196 Å². The molecular weight excluding hydrogens is 418 g/mol. The van der Waals surface area contributed by atoms with Gasteiger partial charge in [0.25, 0.3) is 0 Å². The van der Waals surface area contributed by atoms with E-state index in [1.807, 2.05) is 24.3 Å². The van der Waals surface area contributed by atoms with Gasteiger partial charge >= 0.3 is 11.9 Å². The third-order valence-corrected chi connectivity index (χ3v) is 5.28. The van der Waals surface area contributed by atoms with Gasteiger partial charge in [0.1, 0.15) is 5.76 Å². The quantitative estimate of drug-likeness (QED) is 0.193. The summed E-state index contributed by atoms with van der Waals surface area (Å²) in [4.78, 5) is 22.6. The Morgan fingerprint density at radius 1 is 0.970 bits per heavy atom. The lowest BCUT2D eigenvalue weighted by atomic mass is 10.1. The summed E-state index contributed by atoms with van der Waals surface area (Å²) in [6.45, 7) is 2.22. The van der Waals surface area contributed by atoms with Crippen LogP contribution in [0.15, 0.2) is 47.1 Å². The third kappa shape index (κ3) is 11.3. The maximum atomic E-state index is 11.9. The predicted octanol–water partition coefficient (Wildman–Crippen LogP) is 6.08. The fourth-order valence-electron chi connectivity index (χ4n) is 3.29. The molecule has 0 bridgehead atoms. The number of carboxylic acids is 1. The number of carboxylic acid groups (broad SMARTS) is 1. The van der Waals surface area contributed by atoms with E-state index >= 15 is 0 Å². The molecule has 1 aromatic carbocycles. The molecule has 178 valence electrons. The van der Waals surface area contributed by atoms with Crippen LogP contribution in [-0.2, 0) is 16.0 Å². The van der Waals surface area contributed by atoms with Crippen LogP contribution < -0.4 is 5.32 Å². The predicted molar refractivity (Wildman–Crippen MR) is 129 cm³/mol. The number of carbonyl (C=O) groups excluding carboxylic acids is 1. The Bertz CT molecular complexity index is 877. The number of hydrogen-bond donors (Lipinski definition) is 2. The molecule has 6 nitrogen and oxygen atoms in total. The van der Waals surface area contributed by atoms with E-state index < -0.39 is 18.0 Å². The van der Waals surface area contributed by atoms with Crippen LogP contribution in [0.3, 0.4) is 0 Å².